The average Bonchev–Trinajstić information content (AvgIpc) is 2.96. The maximum atomic E-state index is 5.53. The number of hydrogen-bond donors (Lipinski definition) is 0. The van der Waals surface area contributed by atoms with E-state index in [1.165, 1.54) is 12.0 Å². The third-order valence-corrected chi connectivity index (χ3v) is 3.06. The standard InChI is InChI=1S/C16H14N2O2/c1-19-16-13(8-5-9-17-16)15-14(18-11-20-15)10-12-6-3-2-4-7-12/h2-9,11H,10H2,1H3. The van der Waals surface area contributed by atoms with Crippen molar-refractivity contribution in [2.45, 2.75) is 6.42 Å². The van der Waals surface area contributed by atoms with Gasteiger partial charge in [0.1, 0.15) is 0 Å². The summed E-state index contributed by atoms with van der Waals surface area (Å²) < 4.78 is 10.8. The first kappa shape index (κ1) is 12.4. The second kappa shape index (κ2) is 5.57. The molecule has 0 atom stereocenters. The first-order valence-corrected chi connectivity index (χ1v) is 6.34. The highest BCUT2D eigenvalue weighted by atomic mass is 16.5. The molecule has 3 rings (SSSR count). The largest absolute Gasteiger partial charge is 0.480 e. The second-order valence-corrected chi connectivity index (χ2v) is 4.35. The Hall–Kier alpha value is -2.62. The average molecular weight is 266 g/mol. The molecule has 3 aromatic rings. The molecule has 0 saturated carbocycles. The first-order chi connectivity index (χ1) is 9.88. The van der Waals surface area contributed by atoms with Gasteiger partial charge in [-0.1, -0.05) is 30.3 Å². The number of ether oxygens (including phenoxy) is 1. The summed E-state index contributed by atoms with van der Waals surface area (Å²) >= 11 is 0. The molecule has 2 heterocycles. The molecule has 0 amide bonds. The normalized spacial score (nSPS) is 10.4. The first-order valence-electron chi connectivity index (χ1n) is 6.34. The van der Waals surface area contributed by atoms with Crippen molar-refractivity contribution >= 4 is 0 Å². The predicted molar refractivity (Wildman–Crippen MR) is 75.5 cm³/mol. The highest BCUT2D eigenvalue weighted by molar-refractivity contribution is 5.65. The summed E-state index contributed by atoms with van der Waals surface area (Å²) in [5.74, 6) is 1.25. The summed E-state index contributed by atoms with van der Waals surface area (Å²) in [6.07, 6.45) is 3.86. The molecule has 0 bridgehead atoms. The summed E-state index contributed by atoms with van der Waals surface area (Å²) in [6.45, 7) is 0. The molecule has 2 aromatic heterocycles. The Kier molecular flexibility index (Phi) is 3.46. The molecule has 0 saturated heterocycles. The van der Waals surface area contributed by atoms with Crippen LogP contribution < -0.4 is 4.74 Å². The van der Waals surface area contributed by atoms with E-state index in [2.05, 4.69) is 22.1 Å². The van der Waals surface area contributed by atoms with E-state index in [1.807, 2.05) is 30.3 Å². The molecule has 0 aliphatic carbocycles. The van der Waals surface area contributed by atoms with Crippen molar-refractivity contribution < 1.29 is 9.15 Å². The van der Waals surface area contributed by atoms with Gasteiger partial charge in [-0.2, -0.15) is 0 Å². The van der Waals surface area contributed by atoms with Crippen molar-refractivity contribution in [1.29, 1.82) is 0 Å². The molecule has 0 aliphatic heterocycles. The Morgan fingerprint density at radius 1 is 1.05 bits per heavy atom. The van der Waals surface area contributed by atoms with Crippen molar-refractivity contribution in [3.05, 3.63) is 66.3 Å². The lowest BCUT2D eigenvalue weighted by molar-refractivity contribution is 0.398. The maximum Gasteiger partial charge on any atom is 0.224 e. The molecule has 100 valence electrons. The number of aromatic nitrogens is 2. The van der Waals surface area contributed by atoms with Gasteiger partial charge in [-0.3, -0.25) is 0 Å². The molecule has 0 radical (unpaired) electrons. The Labute approximate surface area is 117 Å². The Bertz CT molecular complexity index is 692. The van der Waals surface area contributed by atoms with E-state index < -0.39 is 0 Å². The number of nitrogens with zero attached hydrogens (tertiary/aromatic N) is 2. The fourth-order valence-corrected chi connectivity index (χ4v) is 2.13. The summed E-state index contributed by atoms with van der Waals surface area (Å²) in [5.41, 5.74) is 2.88. The third kappa shape index (κ3) is 2.40. The lowest BCUT2D eigenvalue weighted by Gasteiger charge is -2.06. The van der Waals surface area contributed by atoms with E-state index in [4.69, 9.17) is 9.15 Å². The summed E-state index contributed by atoms with van der Waals surface area (Å²) in [6, 6.07) is 13.9. The van der Waals surface area contributed by atoms with Gasteiger partial charge in [0.2, 0.25) is 5.88 Å². The van der Waals surface area contributed by atoms with Crippen LogP contribution in [-0.4, -0.2) is 17.1 Å². The Morgan fingerprint density at radius 2 is 1.90 bits per heavy atom. The van der Waals surface area contributed by atoms with Gasteiger partial charge in [0.25, 0.3) is 0 Å². The molecular formula is C16H14N2O2. The van der Waals surface area contributed by atoms with Crippen molar-refractivity contribution in [3.63, 3.8) is 0 Å². The zero-order chi connectivity index (χ0) is 13.8. The van der Waals surface area contributed by atoms with E-state index >= 15 is 0 Å². The minimum atomic E-state index is 0.540. The van der Waals surface area contributed by atoms with Gasteiger partial charge >= 0.3 is 0 Å². The SMILES string of the molecule is COc1ncccc1-c1ocnc1Cc1ccccc1. The smallest absolute Gasteiger partial charge is 0.224 e. The van der Waals surface area contributed by atoms with Crippen LogP contribution in [0.2, 0.25) is 0 Å². The zero-order valence-electron chi connectivity index (χ0n) is 11.1. The van der Waals surface area contributed by atoms with E-state index in [0.29, 0.717) is 18.1 Å². The molecule has 0 spiro atoms. The zero-order valence-corrected chi connectivity index (χ0v) is 11.1. The minimum absolute atomic E-state index is 0.540. The molecule has 4 heteroatoms. The van der Waals surface area contributed by atoms with Gasteiger partial charge in [0.15, 0.2) is 12.2 Å². The quantitative estimate of drug-likeness (QED) is 0.726. The highest BCUT2D eigenvalue weighted by Crippen LogP contribution is 2.30. The van der Waals surface area contributed by atoms with Crippen LogP contribution >= 0.6 is 0 Å². The number of benzene rings is 1. The van der Waals surface area contributed by atoms with Crippen molar-refractivity contribution in [1.82, 2.24) is 9.97 Å². The van der Waals surface area contributed by atoms with Gasteiger partial charge < -0.3 is 9.15 Å². The highest BCUT2D eigenvalue weighted by Gasteiger charge is 2.16. The van der Waals surface area contributed by atoms with E-state index in [0.717, 1.165) is 11.3 Å². The minimum Gasteiger partial charge on any atom is -0.480 e. The summed E-state index contributed by atoms with van der Waals surface area (Å²) in [5, 5.41) is 0. The maximum absolute atomic E-state index is 5.53. The fraction of sp³-hybridized carbons (Fsp3) is 0.125. The van der Waals surface area contributed by atoms with Crippen LogP contribution in [0.5, 0.6) is 5.88 Å². The van der Waals surface area contributed by atoms with Crippen LogP contribution in [0.15, 0.2) is 59.5 Å². The molecule has 20 heavy (non-hydrogen) atoms. The molecule has 0 unspecified atom stereocenters. The second-order valence-electron chi connectivity index (χ2n) is 4.35. The number of oxazole rings is 1. The van der Waals surface area contributed by atoms with E-state index in [1.54, 1.807) is 13.3 Å². The molecular weight excluding hydrogens is 252 g/mol. The van der Waals surface area contributed by atoms with Crippen LogP contribution in [0.3, 0.4) is 0 Å². The van der Waals surface area contributed by atoms with Gasteiger partial charge in [0, 0.05) is 12.6 Å². The lowest BCUT2D eigenvalue weighted by Crippen LogP contribution is -1.94. The number of hydrogen-bond acceptors (Lipinski definition) is 4. The molecule has 1 aromatic carbocycles. The Balaban J connectivity index is 1.98. The van der Waals surface area contributed by atoms with Crippen LogP contribution in [-0.2, 0) is 6.42 Å². The number of methoxy groups -OCH3 is 1. The monoisotopic (exact) mass is 266 g/mol. The van der Waals surface area contributed by atoms with E-state index in [-0.39, 0.29) is 0 Å². The van der Waals surface area contributed by atoms with Gasteiger partial charge in [-0.15, -0.1) is 0 Å². The summed E-state index contributed by atoms with van der Waals surface area (Å²) in [4.78, 5) is 8.50. The predicted octanol–water partition coefficient (Wildman–Crippen LogP) is 3.34. The van der Waals surface area contributed by atoms with Crippen LogP contribution in [0.4, 0.5) is 0 Å². The van der Waals surface area contributed by atoms with Gasteiger partial charge in [-0.05, 0) is 17.7 Å². The van der Waals surface area contributed by atoms with Gasteiger partial charge in [-0.25, -0.2) is 9.97 Å². The molecule has 0 aliphatic rings. The molecule has 0 fully saturated rings. The van der Waals surface area contributed by atoms with Crippen LogP contribution in [0.25, 0.3) is 11.3 Å². The van der Waals surface area contributed by atoms with Crippen molar-refractivity contribution in [3.8, 4) is 17.2 Å². The number of rotatable bonds is 4. The lowest BCUT2D eigenvalue weighted by atomic mass is 10.1. The van der Waals surface area contributed by atoms with E-state index in [9.17, 15) is 0 Å². The molecule has 0 N–H and O–H groups in total. The van der Waals surface area contributed by atoms with Gasteiger partial charge in [0.05, 0.1) is 18.4 Å². The third-order valence-electron chi connectivity index (χ3n) is 3.06. The molecule has 4 nitrogen and oxygen atoms in total. The van der Waals surface area contributed by atoms with Crippen LogP contribution in [0, 0.1) is 0 Å². The number of pyridine rings is 1. The van der Waals surface area contributed by atoms with Crippen LogP contribution in [0.1, 0.15) is 11.3 Å². The fourth-order valence-electron chi connectivity index (χ4n) is 2.13. The topological polar surface area (TPSA) is 48.2 Å². The van der Waals surface area contributed by atoms with Crippen molar-refractivity contribution in [2.24, 2.45) is 0 Å². The van der Waals surface area contributed by atoms with Crippen molar-refractivity contribution in [2.75, 3.05) is 7.11 Å². The Morgan fingerprint density at radius 3 is 2.70 bits per heavy atom. The summed E-state index contributed by atoms with van der Waals surface area (Å²) in [7, 11) is 1.60.